The van der Waals surface area contributed by atoms with Gasteiger partial charge in [-0.05, 0) is 96.7 Å². The molecule has 0 aromatic rings. The van der Waals surface area contributed by atoms with Crippen molar-refractivity contribution in [1.82, 2.24) is 0 Å². The van der Waals surface area contributed by atoms with E-state index in [1.807, 2.05) is 0 Å². The maximum atomic E-state index is 2.60. The third-order valence-corrected chi connectivity index (χ3v) is 11.8. The summed E-state index contributed by atoms with van der Waals surface area (Å²) in [7, 11) is 0. The van der Waals surface area contributed by atoms with Crippen molar-refractivity contribution in [3.8, 4) is 0 Å². The summed E-state index contributed by atoms with van der Waals surface area (Å²) in [5.74, 6) is 6.75. The lowest BCUT2D eigenvalue weighted by Crippen LogP contribution is -2.33. The lowest BCUT2D eigenvalue weighted by Gasteiger charge is -2.43. The van der Waals surface area contributed by atoms with Crippen LogP contribution in [0.5, 0.6) is 0 Å². The van der Waals surface area contributed by atoms with Crippen molar-refractivity contribution in [1.29, 1.82) is 0 Å². The second kappa shape index (κ2) is 17.6. The average molecular weight is 555 g/mol. The van der Waals surface area contributed by atoms with Crippen LogP contribution in [0.1, 0.15) is 172 Å². The Hall–Kier alpha value is -0.520. The van der Waals surface area contributed by atoms with Gasteiger partial charge in [0.25, 0.3) is 0 Å². The summed E-state index contributed by atoms with van der Waals surface area (Å²) in [5.41, 5.74) is 1.05. The van der Waals surface area contributed by atoms with Crippen LogP contribution in [0.3, 0.4) is 0 Å². The van der Waals surface area contributed by atoms with Gasteiger partial charge in [0.05, 0.1) is 0 Å². The molecule has 0 aromatic heterocycles. The first kappa shape index (κ1) is 35.7. The van der Waals surface area contributed by atoms with Gasteiger partial charge in [-0.3, -0.25) is 0 Å². The molecule has 0 heterocycles. The summed E-state index contributed by atoms with van der Waals surface area (Å²) in [6, 6.07) is 0. The fraction of sp³-hybridized carbons (Fsp3) is 0.900. The molecule has 40 heavy (non-hydrogen) atoms. The highest BCUT2D eigenvalue weighted by molar-refractivity contribution is 5.01. The van der Waals surface area contributed by atoms with Gasteiger partial charge in [0, 0.05) is 0 Å². The Labute approximate surface area is 254 Å². The van der Waals surface area contributed by atoms with Gasteiger partial charge in [0.15, 0.2) is 0 Å². The second-order valence-corrected chi connectivity index (χ2v) is 16.9. The molecule has 0 unspecified atom stereocenters. The van der Waals surface area contributed by atoms with Gasteiger partial charge in [0.1, 0.15) is 0 Å². The first-order valence-corrected chi connectivity index (χ1v) is 18.1. The molecule has 0 amide bonds. The molecule has 234 valence electrons. The van der Waals surface area contributed by atoms with Gasteiger partial charge in [-0.1, -0.05) is 158 Å². The zero-order valence-electron chi connectivity index (χ0n) is 29.2. The average Bonchev–Trinajstić information content (AvgIpc) is 2.85. The van der Waals surface area contributed by atoms with Crippen LogP contribution < -0.4 is 0 Å². The molecule has 0 radical (unpaired) electrons. The van der Waals surface area contributed by atoms with E-state index in [-0.39, 0.29) is 0 Å². The minimum absolute atomic E-state index is 0.482. The van der Waals surface area contributed by atoms with Crippen molar-refractivity contribution in [2.75, 3.05) is 0 Å². The van der Waals surface area contributed by atoms with Crippen LogP contribution in [0.4, 0.5) is 0 Å². The molecule has 2 fully saturated rings. The van der Waals surface area contributed by atoms with Gasteiger partial charge in [0.2, 0.25) is 0 Å². The molecular weight excluding hydrogens is 480 g/mol. The molecule has 0 nitrogen and oxygen atoms in total. The highest BCUT2D eigenvalue weighted by Gasteiger charge is 2.36. The zero-order chi connectivity index (χ0) is 29.8. The van der Waals surface area contributed by atoms with Gasteiger partial charge >= 0.3 is 0 Å². The minimum Gasteiger partial charge on any atom is -0.0883 e. The van der Waals surface area contributed by atoms with Crippen molar-refractivity contribution < 1.29 is 0 Å². The monoisotopic (exact) mass is 555 g/mol. The number of hydrogen-bond acceptors (Lipinski definition) is 0. The fourth-order valence-corrected chi connectivity index (χ4v) is 8.67. The predicted octanol–water partition coefficient (Wildman–Crippen LogP) is 13.5. The lowest BCUT2D eigenvalue weighted by atomic mass is 9.62. The van der Waals surface area contributed by atoms with Crippen molar-refractivity contribution in [3.63, 3.8) is 0 Å². The van der Waals surface area contributed by atoms with Gasteiger partial charge in [-0.25, -0.2) is 0 Å². The third kappa shape index (κ3) is 12.8. The molecular formula is C40H74. The maximum Gasteiger partial charge on any atom is -0.0156 e. The van der Waals surface area contributed by atoms with Crippen LogP contribution in [-0.2, 0) is 0 Å². The van der Waals surface area contributed by atoms with Crippen LogP contribution in [0.15, 0.2) is 24.3 Å². The van der Waals surface area contributed by atoms with E-state index in [0.717, 1.165) is 47.3 Å². The van der Waals surface area contributed by atoms with Gasteiger partial charge in [-0.15, -0.1) is 0 Å². The first-order chi connectivity index (χ1) is 18.8. The van der Waals surface area contributed by atoms with Crippen LogP contribution in [0.25, 0.3) is 0 Å². The molecule has 0 bridgehead atoms. The Balaban J connectivity index is 1.53. The lowest BCUT2D eigenvalue weighted by molar-refractivity contribution is 0.0706. The molecule has 2 rings (SSSR count). The van der Waals surface area contributed by atoms with Crippen LogP contribution in [0, 0.1) is 58.2 Å². The number of hydrogen-bond donors (Lipinski definition) is 0. The zero-order valence-corrected chi connectivity index (χ0v) is 29.2. The van der Waals surface area contributed by atoms with Crippen LogP contribution in [0.2, 0.25) is 0 Å². The molecule has 0 spiro atoms. The molecule has 2 aliphatic rings. The molecule has 2 saturated carbocycles. The SMILES string of the molecule is C[C@@H](CCC[C@H](C)C/C=C/C[C@H](C)CCC[C@H](C)/C=C/[C@@H]1[C@H](C)CCCC1(C)C)CC[C@H]1[C@@H](C)CCCC1(C)C. The third-order valence-electron chi connectivity index (χ3n) is 11.8. The van der Waals surface area contributed by atoms with Gasteiger partial charge in [-0.2, -0.15) is 0 Å². The Morgan fingerprint density at radius 1 is 0.650 bits per heavy atom. The van der Waals surface area contributed by atoms with Crippen molar-refractivity contribution in [3.05, 3.63) is 24.3 Å². The van der Waals surface area contributed by atoms with E-state index in [4.69, 9.17) is 0 Å². The van der Waals surface area contributed by atoms with E-state index < -0.39 is 0 Å². The minimum atomic E-state index is 0.482. The summed E-state index contributed by atoms with van der Waals surface area (Å²) < 4.78 is 0. The highest BCUT2D eigenvalue weighted by Crippen LogP contribution is 2.47. The summed E-state index contributed by atoms with van der Waals surface area (Å²) >= 11 is 0. The standard InChI is InChI=1S/C40H74/c1-31(19-13-21-33(3)25-27-37-35(5)23-15-29-39(37,7)8)17-11-12-18-32(2)20-14-22-34(4)26-28-38-36(6)24-16-30-40(38,9)10/h11-12,25,27,31-38H,13-24,26,28-30H2,1-10H3/b12-11+,27-25+/t31-,32+,33-,34-,35+,36-,37+,38-/m0/s1. The maximum absolute atomic E-state index is 2.60. The van der Waals surface area contributed by atoms with E-state index in [1.165, 1.54) is 103 Å². The molecule has 0 aromatic carbocycles. The Morgan fingerprint density at radius 3 is 1.75 bits per heavy atom. The summed E-state index contributed by atoms with van der Waals surface area (Å²) in [6.07, 6.45) is 32.5. The number of rotatable bonds is 17. The Morgan fingerprint density at radius 2 is 1.18 bits per heavy atom. The van der Waals surface area contributed by atoms with Crippen LogP contribution >= 0.6 is 0 Å². The van der Waals surface area contributed by atoms with Crippen molar-refractivity contribution in [2.45, 2.75) is 172 Å². The smallest absolute Gasteiger partial charge is 0.0156 e. The fourth-order valence-electron chi connectivity index (χ4n) is 8.67. The molecule has 0 aliphatic heterocycles. The van der Waals surface area contributed by atoms with E-state index in [2.05, 4.69) is 93.5 Å². The van der Waals surface area contributed by atoms with E-state index in [9.17, 15) is 0 Å². The first-order valence-electron chi connectivity index (χ1n) is 18.1. The second-order valence-electron chi connectivity index (χ2n) is 16.9. The number of allylic oxidation sites excluding steroid dienone is 4. The van der Waals surface area contributed by atoms with E-state index in [0.29, 0.717) is 10.8 Å². The Kier molecular flexibility index (Phi) is 15.7. The topological polar surface area (TPSA) is 0 Å². The highest BCUT2D eigenvalue weighted by atomic mass is 14.4. The predicted molar refractivity (Wildman–Crippen MR) is 182 cm³/mol. The van der Waals surface area contributed by atoms with Crippen molar-refractivity contribution in [2.24, 2.45) is 58.2 Å². The molecule has 2 aliphatic carbocycles. The van der Waals surface area contributed by atoms with E-state index in [1.54, 1.807) is 0 Å². The molecule has 0 N–H and O–H groups in total. The molecule has 8 atom stereocenters. The normalized spacial score (nSPS) is 29.9. The Bertz CT molecular complexity index is 722. The summed E-state index contributed by atoms with van der Waals surface area (Å²) in [4.78, 5) is 0. The molecule has 0 saturated heterocycles. The van der Waals surface area contributed by atoms with Crippen molar-refractivity contribution >= 4 is 0 Å². The largest absolute Gasteiger partial charge is 0.0883 e. The summed E-state index contributed by atoms with van der Waals surface area (Å²) in [6.45, 7) is 24.9. The van der Waals surface area contributed by atoms with Crippen LogP contribution in [-0.4, -0.2) is 0 Å². The van der Waals surface area contributed by atoms with Gasteiger partial charge < -0.3 is 0 Å². The molecule has 0 heteroatoms. The van der Waals surface area contributed by atoms with E-state index >= 15 is 0 Å². The quantitative estimate of drug-likeness (QED) is 0.157. The summed E-state index contributed by atoms with van der Waals surface area (Å²) in [5, 5.41) is 0.